The summed E-state index contributed by atoms with van der Waals surface area (Å²) in [5.41, 5.74) is 2.58. The molecule has 0 spiro atoms. The predicted molar refractivity (Wildman–Crippen MR) is 120 cm³/mol. The normalized spacial score (nSPS) is 10.1. The van der Waals surface area contributed by atoms with E-state index in [1.54, 1.807) is 33.5 Å². The van der Waals surface area contributed by atoms with Crippen LogP contribution in [0.25, 0.3) is 11.3 Å². The molecular formula is C18H17Br2ClN2O3S. The van der Waals surface area contributed by atoms with Gasteiger partial charge in [0, 0.05) is 23.1 Å². The number of hydrogen-bond acceptors (Lipinski definition) is 6. The van der Waals surface area contributed by atoms with Crippen LogP contribution in [-0.4, -0.2) is 26.3 Å². The molecular weight excluding hydrogens is 520 g/mol. The molecule has 5 nitrogen and oxygen atoms in total. The molecule has 2 aromatic carbocycles. The maximum absolute atomic E-state index is 6.15. The van der Waals surface area contributed by atoms with Crippen molar-refractivity contribution in [1.82, 2.24) is 4.98 Å². The third kappa shape index (κ3) is 4.87. The second kappa shape index (κ2) is 9.64. The van der Waals surface area contributed by atoms with Crippen LogP contribution in [-0.2, 0) is 0 Å². The second-order valence-electron chi connectivity index (χ2n) is 5.20. The number of hydrogen-bond donors (Lipinski definition) is 1. The van der Waals surface area contributed by atoms with Crippen molar-refractivity contribution in [1.29, 1.82) is 0 Å². The Labute approximate surface area is 185 Å². The van der Waals surface area contributed by atoms with E-state index < -0.39 is 0 Å². The van der Waals surface area contributed by atoms with E-state index in [0.717, 1.165) is 32.3 Å². The van der Waals surface area contributed by atoms with Crippen LogP contribution in [0, 0.1) is 0 Å². The Morgan fingerprint density at radius 3 is 2.33 bits per heavy atom. The monoisotopic (exact) mass is 534 g/mol. The van der Waals surface area contributed by atoms with Crippen LogP contribution in [0.5, 0.6) is 17.2 Å². The van der Waals surface area contributed by atoms with Crippen LogP contribution in [0.2, 0.25) is 5.02 Å². The summed E-state index contributed by atoms with van der Waals surface area (Å²) in [4.78, 5) is 4.64. The standard InChI is InChI=1S/C18H16BrClN2O3S.BrH/c1-23-15-5-4-10(6-11(15)19)14-9-26-18(22-14)21-13-8-16(24-2)12(20)7-17(13)25-3;/h4-9H,1-3H3,(H,21,22);1H. The fourth-order valence-corrected chi connectivity index (χ4v) is 3.87. The van der Waals surface area contributed by atoms with Crippen molar-refractivity contribution in [3.8, 4) is 28.5 Å². The second-order valence-corrected chi connectivity index (χ2v) is 7.32. The first-order valence-corrected chi connectivity index (χ1v) is 9.58. The summed E-state index contributed by atoms with van der Waals surface area (Å²) in [6.45, 7) is 0. The van der Waals surface area contributed by atoms with E-state index in [9.17, 15) is 0 Å². The summed E-state index contributed by atoms with van der Waals surface area (Å²) in [5, 5.41) is 6.46. The van der Waals surface area contributed by atoms with Crippen LogP contribution >= 0.6 is 55.8 Å². The predicted octanol–water partition coefficient (Wildman–Crippen LogP) is 6.57. The van der Waals surface area contributed by atoms with Gasteiger partial charge in [-0.15, -0.1) is 28.3 Å². The van der Waals surface area contributed by atoms with Gasteiger partial charge in [-0.3, -0.25) is 0 Å². The first kappa shape index (κ1) is 21.8. The van der Waals surface area contributed by atoms with Crippen molar-refractivity contribution >= 4 is 66.7 Å². The Morgan fingerprint density at radius 1 is 1.00 bits per heavy atom. The first-order valence-electron chi connectivity index (χ1n) is 7.53. The highest BCUT2D eigenvalue weighted by molar-refractivity contribution is 9.10. The molecule has 1 heterocycles. The average Bonchev–Trinajstić information content (AvgIpc) is 3.11. The largest absolute Gasteiger partial charge is 0.496 e. The van der Waals surface area contributed by atoms with Crippen molar-refractivity contribution < 1.29 is 14.2 Å². The van der Waals surface area contributed by atoms with E-state index in [1.807, 2.05) is 23.6 Å². The topological polar surface area (TPSA) is 52.6 Å². The van der Waals surface area contributed by atoms with Crippen LogP contribution in [0.1, 0.15) is 0 Å². The summed E-state index contributed by atoms with van der Waals surface area (Å²) < 4.78 is 16.8. The summed E-state index contributed by atoms with van der Waals surface area (Å²) >= 11 is 11.1. The van der Waals surface area contributed by atoms with Gasteiger partial charge in [0.05, 0.1) is 42.2 Å². The van der Waals surface area contributed by atoms with Crippen LogP contribution < -0.4 is 19.5 Å². The lowest BCUT2D eigenvalue weighted by Gasteiger charge is -2.12. The van der Waals surface area contributed by atoms with Gasteiger partial charge in [0.1, 0.15) is 17.2 Å². The van der Waals surface area contributed by atoms with Gasteiger partial charge in [-0.2, -0.15) is 0 Å². The Kier molecular flexibility index (Phi) is 7.79. The van der Waals surface area contributed by atoms with E-state index in [1.165, 1.54) is 11.3 Å². The number of methoxy groups -OCH3 is 3. The molecule has 0 unspecified atom stereocenters. The number of nitrogens with one attached hydrogen (secondary N) is 1. The minimum Gasteiger partial charge on any atom is -0.496 e. The van der Waals surface area contributed by atoms with E-state index in [4.69, 9.17) is 25.8 Å². The Balaban J connectivity index is 0.00000261. The minimum absolute atomic E-state index is 0. The molecule has 27 heavy (non-hydrogen) atoms. The van der Waals surface area contributed by atoms with Crippen molar-refractivity contribution in [2.24, 2.45) is 0 Å². The molecule has 0 aliphatic rings. The van der Waals surface area contributed by atoms with Gasteiger partial charge in [0.15, 0.2) is 5.13 Å². The highest BCUT2D eigenvalue weighted by Crippen LogP contribution is 2.38. The van der Waals surface area contributed by atoms with Gasteiger partial charge >= 0.3 is 0 Å². The summed E-state index contributed by atoms with van der Waals surface area (Å²) in [5.74, 6) is 1.95. The van der Waals surface area contributed by atoms with E-state index in [2.05, 4.69) is 26.2 Å². The first-order chi connectivity index (χ1) is 12.5. The number of nitrogens with zero attached hydrogens (tertiary/aromatic N) is 1. The van der Waals surface area contributed by atoms with Gasteiger partial charge in [-0.1, -0.05) is 11.6 Å². The smallest absolute Gasteiger partial charge is 0.187 e. The molecule has 0 atom stereocenters. The molecule has 0 saturated carbocycles. The molecule has 3 rings (SSSR count). The third-order valence-corrected chi connectivity index (χ3v) is 5.34. The molecule has 0 fully saturated rings. The average molecular weight is 537 g/mol. The summed E-state index contributed by atoms with van der Waals surface area (Å²) in [6.07, 6.45) is 0. The van der Waals surface area contributed by atoms with Gasteiger partial charge < -0.3 is 19.5 Å². The number of aromatic nitrogens is 1. The lowest BCUT2D eigenvalue weighted by molar-refractivity contribution is 0.405. The lowest BCUT2D eigenvalue weighted by atomic mass is 10.2. The molecule has 0 amide bonds. The maximum atomic E-state index is 6.15. The lowest BCUT2D eigenvalue weighted by Crippen LogP contribution is -1.96. The van der Waals surface area contributed by atoms with Crippen molar-refractivity contribution in [3.63, 3.8) is 0 Å². The molecule has 1 N–H and O–H groups in total. The zero-order chi connectivity index (χ0) is 18.7. The number of thiazole rings is 1. The number of ether oxygens (including phenoxy) is 3. The van der Waals surface area contributed by atoms with Gasteiger partial charge in [-0.25, -0.2) is 4.98 Å². The molecule has 144 valence electrons. The van der Waals surface area contributed by atoms with Crippen LogP contribution in [0.4, 0.5) is 10.8 Å². The van der Waals surface area contributed by atoms with Crippen molar-refractivity contribution in [2.45, 2.75) is 0 Å². The molecule has 9 heteroatoms. The molecule has 0 aliphatic heterocycles. The third-order valence-electron chi connectivity index (χ3n) is 3.67. The molecule has 0 aliphatic carbocycles. The zero-order valence-corrected chi connectivity index (χ0v) is 19.6. The molecule has 0 radical (unpaired) electrons. The van der Waals surface area contributed by atoms with Crippen LogP contribution in [0.3, 0.4) is 0 Å². The van der Waals surface area contributed by atoms with E-state index in [0.29, 0.717) is 16.5 Å². The fraction of sp³-hybridized carbons (Fsp3) is 0.167. The van der Waals surface area contributed by atoms with Gasteiger partial charge in [0.25, 0.3) is 0 Å². The maximum Gasteiger partial charge on any atom is 0.187 e. The number of rotatable bonds is 6. The highest BCUT2D eigenvalue weighted by atomic mass is 79.9. The molecule has 0 bridgehead atoms. The van der Waals surface area contributed by atoms with Crippen molar-refractivity contribution in [3.05, 3.63) is 45.2 Å². The van der Waals surface area contributed by atoms with Gasteiger partial charge in [0.2, 0.25) is 0 Å². The Morgan fingerprint density at radius 2 is 1.70 bits per heavy atom. The summed E-state index contributed by atoms with van der Waals surface area (Å²) in [6, 6.07) is 9.33. The Hall–Kier alpha value is -1.48. The molecule has 3 aromatic rings. The number of anilines is 2. The van der Waals surface area contributed by atoms with Gasteiger partial charge in [-0.05, 0) is 34.1 Å². The quantitative estimate of drug-likeness (QED) is 0.386. The molecule has 0 saturated heterocycles. The highest BCUT2D eigenvalue weighted by Gasteiger charge is 2.13. The van der Waals surface area contributed by atoms with E-state index in [-0.39, 0.29) is 17.0 Å². The van der Waals surface area contributed by atoms with E-state index >= 15 is 0 Å². The number of benzene rings is 2. The summed E-state index contributed by atoms with van der Waals surface area (Å²) in [7, 11) is 4.80. The SMILES string of the molecule is Br.COc1cc(Nc2nc(-c3ccc(OC)c(Br)c3)cs2)c(OC)cc1Cl. The zero-order valence-electron chi connectivity index (χ0n) is 14.7. The van der Waals surface area contributed by atoms with Crippen molar-refractivity contribution in [2.75, 3.05) is 26.6 Å². The fourth-order valence-electron chi connectivity index (χ4n) is 2.36. The minimum atomic E-state index is 0. The Bertz CT molecular complexity index is 937. The molecule has 1 aromatic heterocycles. The number of halogens is 3. The van der Waals surface area contributed by atoms with Crippen LogP contribution in [0.15, 0.2) is 40.2 Å².